The van der Waals surface area contributed by atoms with Gasteiger partial charge in [0.1, 0.15) is 11.6 Å². The third kappa shape index (κ3) is 2.59. The normalized spacial score (nSPS) is 10.7. The van der Waals surface area contributed by atoms with E-state index in [2.05, 4.69) is 0 Å². The maximum absolute atomic E-state index is 13.1. The van der Waals surface area contributed by atoms with Crippen LogP contribution >= 0.6 is 11.6 Å². The zero-order valence-corrected chi connectivity index (χ0v) is 8.81. The molecule has 0 spiro atoms. The van der Waals surface area contributed by atoms with Gasteiger partial charge in [-0.25, -0.2) is 4.39 Å². The molecule has 2 nitrogen and oxygen atoms in total. The molecule has 0 fully saturated rings. The molecule has 0 amide bonds. The number of hydrogen-bond acceptors (Lipinski definition) is 2. The van der Waals surface area contributed by atoms with Gasteiger partial charge in [-0.2, -0.15) is 0 Å². The quantitative estimate of drug-likeness (QED) is 0.846. The Morgan fingerprint density at radius 2 is 2.14 bits per heavy atom. The number of rotatable bonds is 3. The fraction of sp³-hybridized carbons (Fsp3) is 0.400. The Hall–Kier alpha value is -0.800. The predicted molar refractivity (Wildman–Crippen MR) is 53.1 cm³/mol. The second-order valence-corrected chi connectivity index (χ2v) is 3.61. The van der Waals surface area contributed by atoms with Gasteiger partial charge in [0.2, 0.25) is 0 Å². The minimum absolute atomic E-state index is 0.0375. The monoisotopic (exact) mass is 218 g/mol. The molecule has 1 N–H and O–H groups in total. The standard InChI is InChI=1S/C10H12ClFO2/c1-6(2)14-10-3-7(5-13)9(12)4-8(10)11/h3-4,6,13H,5H2,1-2H3. The Balaban J connectivity index is 3.04. The van der Waals surface area contributed by atoms with E-state index in [1.54, 1.807) is 0 Å². The average Bonchev–Trinajstić information content (AvgIpc) is 2.09. The van der Waals surface area contributed by atoms with Gasteiger partial charge in [-0.15, -0.1) is 0 Å². The maximum Gasteiger partial charge on any atom is 0.138 e. The topological polar surface area (TPSA) is 29.5 Å². The van der Waals surface area contributed by atoms with E-state index in [1.165, 1.54) is 6.07 Å². The van der Waals surface area contributed by atoms with Gasteiger partial charge in [0, 0.05) is 5.56 Å². The first-order valence-corrected chi connectivity index (χ1v) is 4.67. The molecule has 0 saturated carbocycles. The number of benzene rings is 1. The van der Waals surface area contributed by atoms with Crippen molar-refractivity contribution in [3.05, 3.63) is 28.5 Å². The van der Waals surface area contributed by atoms with Crippen LogP contribution in [0.15, 0.2) is 12.1 Å². The molecule has 0 radical (unpaired) electrons. The van der Waals surface area contributed by atoms with Crippen LogP contribution in [0, 0.1) is 5.82 Å². The van der Waals surface area contributed by atoms with Gasteiger partial charge in [-0.1, -0.05) is 11.6 Å². The van der Waals surface area contributed by atoms with E-state index >= 15 is 0 Å². The highest BCUT2D eigenvalue weighted by Gasteiger charge is 2.09. The first-order valence-electron chi connectivity index (χ1n) is 4.30. The maximum atomic E-state index is 13.1. The lowest BCUT2D eigenvalue weighted by molar-refractivity contribution is 0.239. The first kappa shape index (κ1) is 11.3. The zero-order chi connectivity index (χ0) is 10.7. The minimum Gasteiger partial charge on any atom is -0.489 e. The van der Waals surface area contributed by atoms with E-state index in [0.29, 0.717) is 5.75 Å². The van der Waals surface area contributed by atoms with Gasteiger partial charge < -0.3 is 9.84 Å². The molecule has 1 aromatic carbocycles. The number of aliphatic hydroxyl groups is 1. The molecule has 4 heteroatoms. The largest absolute Gasteiger partial charge is 0.489 e. The lowest BCUT2D eigenvalue weighted by Crippen LogP contribution is -2.06. The van der Waals surface area contributed by atoms with E-state index in [-0.39, 0.29) is 23.3 Å². The summed E-state index contributed by atoms with van der Waals surface area (Å²) in [5.41, 5.74) is 0.185. The minimum atomic E-state index is -0.520. The van der Waals surface area contributed by atoms with Crippen LogP contribution in [0.5, 0.6) is 5.75 Å². The predicted octanol–water partition coefficient (Wildman–Crippen LogP) is 2.76. The first-order chi connectivity index (χ1) is 6.54. The van der Waals surface area contributed by atoms with Crippen LogP contribution in [-0.4, -0.2) is 11.2 Å². The number of halogens is 2. The summed E-state index contributed by atoms with van der Waals surface area (Å²) in [6, 6.07) is 2.56. The van der Waals surface area contributed by atoms with Crippen molar-refractivity contribution >= 4 is 11.6 Å². The lowest BCUT2D eigenvalue weighted by atomic mass is 10.2. The number of aliphatic hydroxyl groups excluding tert-OH is 1. The fourth-order valence-corrected chi connectivity index (χ4v) is 1.23. The van der Waals surface area contributed by atoms with Crippen molar-refractivity contribution in [2.75, 3.05) is 0 Å². The molecule has 0 aromatic heterocycles. The molecule has 0 saturated heterocycles. The fourth-order valence-electron chi connectivity index (χ4n) is 1.04. The molecule has 0 unspecified atom stereocenters. The van der Waals surface area contributed by atoms with Crippen LogP contribution in [0.4, 0.5) is 4.39 Å². The molecular weight excluding hydrogens is 207 g/mol. The van der Waals surface area contributed by atoms with E-state index < -0.39 is 5.82 Å². The van der Waals surface area contributed by atoms with Crippen LogP contribution in [0.2, 0.25) is 5.02 Å². The smallest absolute Gasteiger partial charge is 0.138 e. The van der Waals surface area contributed by atoms with Gasteiger partial charge in [0.05, 0.1) is 17.7 Å². The summed E-state index contributed by atoms with van der Waals surface area (Å²) in [6.07, 6.45) is -0.0375. The van der Waals surface area contributed by atoms with Crippen molar-refractivity contribution in [3.63, 3.8) is 0 Å². The Morgan fingerprint density at radius 1 is 1.50 bits per heavy atom. The summed E-state index contributed by atoms with van der Waals surface area (Å²) in [6.45, 7) is 3.33. The molecule has 0 aliphatic rings. The second-order valence-electron chi connectivity index (χ2n) is 3.20. The Bertz CT molecular complexity index is 326. The van der Waals surface area contributed by atoms with Crippen molar-refractivity contribution < 1.29 is 14.2 Å². The molecule has 0 aliphatic heterocycles. The summed E-state index contributed by atoms with van der Waals surface area (Å²) in [4.78, 5) is 0. The van der Waals surface area contributed by atoms with Gasteiger partial charge in [-0.05, 0) is 26.0 Å². The number of ether oxygens (including phenoxy) is 1. The van der Waals surface area contributed by atoms with Crippen molar-refractivity contribution in [2.45, 2.75) is 26.6 Å². The average molecular weight is 219 g/mol. The van der Waals surface area contributed by atoms with Crippen molar-refractivity contribution in [2.24, 2.45) is 0 Å². The Morgan fingerprint density at radius 3 is 2.64 bits per heavy atom. The highest BCUT2D eigenvalue weighted by Crippen LogP contribution is 2.28. The molecular formula is C10H12ClFO2. The third-order valence-corrected chi connectivity index (χ3v) is 1.93. The lowest BCUT2D eigenvalue weighted by Gasteiger charge is -2.12. The molecule has 0 atom stereocenters. The van der Waals surface area contributed by atoms with Crippen molar-refractivity contribution in [1.29, 1.82) is 0 Å². The molecule has 0 aliphatic carbocycles. The SMILES string of the molecule is CC(C)Oc1cc(CO)c(F)cc1Cl. The van der Waals surface area contributed by atoms with Crippen LogP contribution in [0.3, 0.4) is 0 Å². The van der Waals surface area contributed by atoms with Crippen molar-refractivity contribution in [3.8, 4) is 5.75 Å². The second kappa shape index (κ2) is 4.62. The van der Waals surface area contributed by atoms with Crippen LogP contribution in [-0.2, 0) is 6.61 Å². The molecule has 0 heterocycles. The molecule has 0 bridgehead atoms. The molecule has 1 rings (SSSR count). The van der Waals surface area contributed by atoms with Gasteiger partial charge in [0.25, 0.3) is 0 Å². The molecule has 1 aromatic rings. The summed E-state index contributed by atoms with van der Waals surface area (Å²) >= 11 is 5.76. The number of hydrogen-bond donors (Lipinski definition) is 1. The molecule has 78 valence electrons. The molecule has 14 heavy (non-hydrogen) atoms. The van der Waals surface area contributed by atoms with E-state index in [0.717, 1.165) is 6.07 Å². The zero-order valence-electron chi connectivity index (χ0n) is 8.05. The summed E-state index contributed by atoms with van der Waals surface area (Å²) in [7, 11) is 0. The third-order valence-electron chi connectivity index (χ3n) is 1.63. The van der Waals surface area contributed by atoms with Crippen LogP contribution in [0.25, 0.3) is 0 Å². The Kier molecular flexibility index (Phi) is 3.72. The van der Waals surface area contributed by atoms with E-state index in [1.807, 2.05) is 13.8 Å². The van der Waals surface area contributed by atoms with Crippen LogP contribution in [0.1, 0.15) is 19.4 Å². The van der Waals surface area contributed by atoms with E-state index in [9.17, 15) is 4.39 Å². The highest BCUT2D eigenvalue weighted by atomic mass is 35.5. The summed E-state index contributed by atoms with van der Waals surface area (Å²) in [5.74, 6) is -0.124. The summed E-state index contributed by atoms with van der Waals surface area (Å²) < 4.78 is 18.4. The van der Waals surface area contributed by atoms with E-state index in [4.69, 9.17) is 21.4 Å². The summed E-state index contributed by atoms with van der Waals surface area (Å²) in [5, 5.41) is 9.05. The van der Waals surface area contributed by atoms with Crippen molar-refractivity contribution in [1.82, 2.24) is 0 Å². The van der Waals surface area contributed by atoms with Crippen LogP contribution < -0.4 is 4.74 Å². The van der Waals surface area contributed by atoms with Gasteiger partial charge >= 0.3 is 0 Å². The van der Waals surface area contributed by atoms with Gasteiger partial charge in [0.15, 0.2) is 0 Å². The Labute approximate surface area is 87.3 Å². The van der Waals surface area contributed by atoms with Gasteiger partial charge in [-0.3, -0.25) is 0 Å². The highest BCUT2D eigenvalue weighted by molar-refractivity contribution is 6.32.